The van der Waals surface area contributed by atoms with Crippen LogP contribution >= 0.6 is 11.3 Å². The molecule has 37 heavy (non-hydrogen) atoms. The molecule has 1 aliphatic heterocycles. The van der Waals surface area contributed by atoms with Crippen LogP contribution in [0.15, 0.2) is 72.2 Å². The van der Waals surface area contributed by atoms with Gasteiger partial charge in [-0.05, 0) is 43.2 Å². The molecule has 0 saturated carbocycles. The third-order valence-corrected chi connectivity index (χ3v) is 7.62. The number of aliphatic hydroxyl groups excluding tert-OH is 1. The van der Waals surface area contributed by atoms with Gasteiger partial charge in [0, 0.05) is 37.1 Å². The fraction of sp³-hybridized carbons (Fsp3) is 0.379. The number of Topliss-reactive ketones (excluding diaryl/α,β-unsaturated/α-hetero) is 1. The van der Waals surface area contributed by atoms with Gasteiger partial charge in [0.25, 0.3) is 0 Å². The monoisotopic (exact) mass is 519 g/mol. The molecule has 0 bridgehead atoms. The minimum atomic E-state index is -0.732. The molecule has 1 saturated heterocycles. The normalized spacial score (nSPS) is 16.1. The van der Waals surface area contributed by atoms with E-state index in [4.69, 9.17) is 5.11 Å². The number of amides is 2. The summed E-state index contributed by atoms with van der Waals surface area (Å²) < 4.78 is 0. The Kier molecular flexibility index (Phi) is 9.57. The second kappa shape index (κ2) is 13.3. The van der Waals surface area contributed by atoms with Gasteiger partial charge in [-0.15, -0.1) is 11.3 Å². The molecule has 2 N–H and O–H groups in total. The lowest BCUT2D eigenvalue weighted by molar-refractivity contribution is -0.138. The van der Waals surface area contributed by atoms with Gasteiger partial charge >= 0.3 is 0 Å². The Labute approximate surface area is 221 Å². The summed E-state index contributed by atoms with van der Waals surface area (Å²) in [5.41, 5.74) is 2.11. The van der Waals surface area contributed by atoms with Crippen molar-refractivity contribution in [3.63, 3.8) is 0 Å². The van der Waals surface area contributed by atoms with Crippen LogP contribution in [0.1, 0.15) is 65.4 Å². The van der Waals surface area contributed by atoms with Crippen LogP contribution in [0.4, 0.5) is 0 Å². The number of unbranched alkanes of at least 4 members (excludes halogenated alkanes) is 1. The summed E-state index contributed by atoms with van der Waals surface area (Å²) in [6.07, 6.45) is 4.69. The van der Waals surface area contributed by atoms with Gasteiger partial charge in [0.1, 0.15) is 6.04 Å². The Bertz CT molecular complexity index is 1110. The number of thiazole rings is 1. The molecular formula is C29H33N3O4S. The maximum Gasteiger partial charge on any atom is 0.243 e. The lowest BCUT2D eigenvalue weighted by Crippen LogP contribution is -2.51. The first-order valence-corrected chi connectivity index (χ1v) is 13.7. The SMILES string of the molecule is O=C(c1nccs1)[C@H](CCCCO)NC(=O)[C@@H]1CCCN1C(=O)CC(c1ccccc1)c1ccccc1. The van der Waals surface area contributed by atoms with Crippen LogP contribution in [0.2, 0.25) is 0 Å². The molecule has 2 amide bonds. The first-order valence-electron chi connectivity index (χ1n) is 12.8. The van der Waals surface area contributed by atoms with Crippen molar-refractivity contribution >= 4 is 28.9 Å². The number of carbonyl (C=O) groups excluding carboxylic acids is 3. The Morgan fingerprint density at radius 2 is 1.70 bits per heavy atom. The second-order valence-electron chi connectivity index (χ2n) is 9.31. The molecule has 3 aromatic rings. The number of carbonyl (C=O) groups is 3. The van der Waals surface area contributed by atoms with Gasteiger partial charge in [-0.2, -0.15) is 0 Å². The minimum Gasteiger partial charge on any atom is -0.396 e. The van der Waals surface area contributed by atoms with Crippen molar-refractivity contribution in [2.45, 2.75) is 56.5 Å². The van der Waals surface area contributed by atoms with Crippen LogP contribution in [-0.2, 0) is 9.59 Å². The molecule has 7 nitrogen and oxygen atoms in total. The number of ketones is 1. The molecule has 194 valence electrons. The number of rotatable bonds is 12. The lowest BCUT2D eigenvalue weighted by atomic mass is 9.88. The van der Waals surface area contributed by atoms with Gasteiger partial charge in [0.05, 0.1) is 6.04 Å². The summed E-state index contributed by atoms with van der Waals surface area (Å²) in [4.78, 5) is 45.8. The average Bonchev–Trinajstić information content (AvgIpc) is 3.65. The van der Waals surface area contributed by atoms with E-state index < -0.39 is 12.1 Å². The highest BCUT2D eigenvalue weighted by atomic mass is 32.1. The van der Waals surface area contributed by atoms with Crippen molar-refractivity contribution in [2.75, 3.05) is 13.2 Å². The van der Waals surface area contributed by atoms with Gasteiger partial charge in [-0.3, -0.25) is 14.4 Å². The number of hydrogen-bond acceptors (Lipinski definition) is 6. The van der Waals surface area contributed by atoms with E-state index in [2.05, 4.69) is 10.3 Å². The molecule has 0 aliphatic carbocycles. The summed E-state index contributed by atoms with van der Waals surface area (Å²) in [7, 11) is 0. The number of aliphatic hydroxyl groups is 1. The van der Waals surface area contributed by atoms with Crippen molar-refractivity contribution in [3.8, 4) is 0 Å². The average molecular weight is 520 g/mol. The van der Waals surface area contributed by atoms with Crippen LogP contribution in [0, 0.1) is 0 Å². The van der Waals surface area contributed by atoms with Crippen molar-refractivity contribution in [1.29, 1.82) is 0 Å². The third-order valence-electron chi connectivity index (χ3n) is 6.84. The minimum absolute atomic E-state index is 0.0288. The van der Waals surface area contributed by atoms with E-state index >= 15 is 0 Å². The predicted molar refractivity (Wildman–Crippen MR) is 143 cm³/mol. The molecule has 0 unspecified atom stereocenters. The van der Waals surface area contributed by atoms with E-state index in [-0.39, 0.29) is 36.5 Å². The number of likely N-dealkylation sites (tertiary alicyclic amines) is 1. The Balaban J connectivity index is 1.47. The summed E-state index contributed by atoms with van der Waals surface area (Å²) in [6, 6.07) is 18.6. The molecule has 2 aromatic carbocycles. The second-order valence-corrected chi connectivity index (χ2v) is 10.2. The Morgan fingerprint density at radius 3 is 2.30 bits per heavy atom. The third kappa shape index (κ3) is 6.90. The highest BCUT2D eigenvalue weighted by Crippen LogP contribution is 2.30. The van der Waals surface area contributed by atoms with Gasteiger partial charge in [0.15, 0.2) is 5.01 Å². The van der Waals surface area contributed by atoms with E-state index in [1.165, 1.54) is 11.3 Å². The van der Waals surface area contributed by atoms with Crippen molar-refractivity contribution in [2.24, 2.45) is 0 Å². The maximum absolute atomic E-state index is 13.6. The number of aromatic nitrogens is 1. The molecular weight excluding hydrogens is 486 g/mol. The standard InChI is InChI=1S/C29H33N3O4S/c33-18-8-7-14-24(27(35)29-30-16-19-37-29)31-28(36)25-15-9-17-32(25)26(34)20-23(21-10-3-1-4-11-21)22-12-5-2-6-13-22/h1-6,10-13,16,19,23-25,33H,7-9,14-15,17-18,20H2,(H,31,36)/t24-,25-/m0/s1. The number of nitrogens with one attached hydrogen (secondary N) is 1. The van der Waals surface area contributed by atoms with E-state index in [1.807, 2.05) is 60.7 Å². The van der Waals surface area contributed by atoms with E-state index in [0.29, 0.717) is 37.2 Å². The zero-order valence-electron chi connectivity index (χ0n) is 20.8. The molecule has 8 heteroatoms. The maximum atomic E-state index is 13.6. The van der Waals surface area contributed by atoms with Gasteiger partial charge in [-0.1, -0.05) is 60.7 Å². The first-order chi connectivity index (χ1) is 18.1. The zero-order chi connectivity index (χ0) is 26.0. The van der Waals surface area contributed by atoms with Crippen molar-refractivity contribution in [1.82, 2.24) is 15.2 Å². The number of hydrogen-bond donors (Lipinski definition) is 2. The van der Waals surface area contributed by atoms with Gasteiger partial charge < -0.3 is 15.3 Å². The fourth-order valence-corrected chi connectivity index (χ4v) is 5.55. The van der Waals surface area contributed by atoms with Crippen molar-refractivity contribution < 1.29 is 19.5 Å². The molecule has 1 fully saturated rings. The number of nitrogens with zero attached hydrogens (tertiary/aromatic N) is 2. The number of benzene rings is 2. The van der Waals surface area contributed by atoms with Gasteiger partial charge in [0.2, 0.25) is 17.6 Å². The quantitative estimate of drug-likeness (QED) is 0.276. The van der Waals surface area contributed by atoms with Crippen LogP contribution in [0.3, 0.4) is 0 Å². The molecule has 2 heterocycles. The molecule has 0 spiro atoms. The van der Waals surface area contributed by atoms with E-state index in [1.54, 1.807) is 16.5 Å². The fourth-order valence-electron chi connectivity index (χ4n) is 4.92. The predicted octanol–water partition coefficient (Wildman–Crippen LogP) is 4.19. The van der Waals surface area contributed by atoms with Crippen LogP contribution < -0.4 is 5.32 Å². The van der Waals surface area contributed by atoms with Gasteiger partial charge in [-0.25, -0.2) is 4.98 Å². The van der Waals surface area contributed by atoms with Crippen molar-refractivity contribution in [3.05, 3.63) is 88.4 Å². The van der Waals surface area contributed by atoms with E-state index in [0.717, 1.165) is 17.5 Å². The van der Waals surface area contributed by atoms with Crippen LogP contribution in [-0.4, -0.2) is 57.8 Å². The highest BCUT2D eigenvalue weighted by molar-refractivity contribution is 7.11. The van der Waals surface area contributed by atoms with E-state index in [9.17, 15) is 14.4 Å². The smallest absolute Gasteiger partial charge is 0.243 e. The summed E-state index contributed by atoms with van der Waals surface area (Å²) in [6.45, 7) is 0.545. The molecule has 0 radical (unpaired) electrons. The first kappa shape index (κ1) is 26.7. The van der Waals surface area contributed by atoms with Crippen LogP contribution in [0.25, 0.3) is 0 Å². The largest absolute Gasteiger partial charge is 0.396 e. The molecule has 1 aromatic heterocycles. The topological polar surface area (TPSA) is 99.6 Å². The Morgan fingerprint density at radius 1 is 1.03 bits per heavy atom. The summed E-state index contributed by atoms with van der Waals surface area (Å²) >= 11 is 1.24. The molecule has 2 atom stereocenters. The summed E-state index contributed by atoms with van der Waals surface area (Å²) in [5.74, 6) is -0.721. The van der Waals surface area contributed by atoms with Crippen LogP contribution in [0.5, 0.6) is 0 Å². The highest BCUT2D eigenvalue weighted by Gasteiger charge is 2.37. The zero-order valence-corrected chi connectivity index (χ0v) is 21.6. The molecule has 1 aliphatic rings. The molecule has 4 rings (SSSR count). The summed E-state index contributed by atoms with van der Waals surface area (Å²) in [5, 5.41) is 14.2. The Hall–Kier alpha value is -3.36. The lowest BCUT2D eigenvalue weighted by Gasteiger charge is -2.28.